The van der Waals surface area contributed by atoms with Gasteiger partial charge in [-0.1, -0.05) is 43.5 Å². The van der Waals surface area contributed by atoms with Crippen LogP contribution >= 0.6 is 31.9 Å². The average Bonchev–Trinajstić information content (AvgIpc) is 2.71. The predicted molar refractivity (Wildman–Crippen MR) is 82.4 cm³/mol. The van der Waals surface area contributed by atoms with Crippen molar-refractivity contribution in [2.24, 2.45) is 0 Å². The number of benzene rings is 1. The van der Waals surface area contributed by atoms with E-state index in [2.05, 4.69) is 31.9 Å². The Morgan fingerprint density at radius 3 is 2.68 bits per heavy atom. The highest BCUT2D eigenvalue weighted by Gasteiger charge is 2.32. The molecular formula is C14H14Br2O3. The number of hydrogen-bond donors (Lipinski definition) is 1. The van der Waals surface area contributed by atoms with Crippen LogP contribution in [0.2, 0.25) is 0 Å². The molecule has 1 aromatic carbocycles. The number of halogens is 2. The molecular weight excluding hydrogens is 376 g/mol. The molecule has 1 aliphatic carbocycles. The van der Waals surface area contributed by atoms with Gasteiger partial charge in [-0.05, 0) is 42.2 Å². The third-order valence-corrected chi connectivity index (χ3v) is 5.91. The first-order chi connectivity index (χ1) is 8.95. The molecule has 0 aromatic heterocycles. The molecule has 0 heterocycles. The largest absolute Gasteiger partial charge is 0.497 e. The fraction of sp³-hybridized carbons (Fsp3) is 0.357. The molecule has 1 aromatic rings. The Morgan fingerprint density at radius 2 is 2.11 bits per heavy atom. The Bertz CT molecular complexity index is 552. The fourth-order valence-electron chi connectivity index (χ4n) is 2.35. The van der Waals surface area contributed by atoms with Gasteiger partial charge in [0.25, 0.3) is 0 Å². The number of alkyl halides is 2. The van der Waals surface area contributed by atoms with E-state index >= 15 is 0 Å². The van der Waals surface area contributed by atoms with E-state index in [1.807, 2.05) is 25.1 Å². The SMILES string of the molecule is COc1ccc2c(c1)C(C(Br)C(Br)C(=O)O)=C(C)C2. The van der Waals surface area contributed by atoms with Gasteiger partial charge in [-0.25, -0.2) is 0 Å². The van der Waals surface area contributed by atoms with Gasteiger partial charge in [0, 0.05) is 0 Å². The number of rotatable bonds is 4. The number of fused-ring (bicyclic) bond motifs is 1. The van der Waals surface area contributed by atoms with E-state index in [1.165, 1.54) is 11.1 Å². The zero-order valence-electron chi connectivity index (χ0n) is 10.6. The third-order valence-electron chi connectivity index (χ3n) is 3.29. The second kappa shape index (κ2) is 5.67. The lowest BCUT2D eigenvalue weighted by Crippen LogP contribution is -2.24. The summed E-state index contributed by atoms with van der Waals surface area (Å²) < 4.78 is 5.24. The molecule has 3 nitrogen and oxygen atoms in total. The van der Waals surface area contributed by atoms with E-state index in [4.69, 9.17) is 9.84 Å². The van der Waals surface area contributed by atoms with Gasteiger partial charge in [-0.2, -0.15) is 0 Å². The highest BCUT2D eigenvalue weighted by Crippen LogP contribution is 2.41. The molecule has 2 unspecified atom stereocenters. The Morgan fingerprint density at radius 1 is 1.42 bits per heavy atom. The lowest BCUT2D eigenvalue weighted by molar-refractivity contribution is -0.135. The van der Waals surface area contributed by atoms with E-state index in [1.54, 1.807) is 7.11 Å². The van der Waals surface area contributed by atoms with Crippen molar-refractivity contribution in [2.75, 3.05) is 7.11 Å². The van der Waals surface area contributed by atoms with Crippen LogP contribution in [-0.2, 0) is 11.2 Å². The maximum atomic E-state index is 11.1. The summed E-state index contributed by atoms with van der Waals surface area (Å²) in [5.41, 5.74) is 4.52. The van der Waals surface area contributed by atoms with Crippen molar-refractivity contribution in [3.8, 4) is 5.75 Å². The summed E-state index contributed by atoms with van der Waals surface area (Å²) >= 11 is 6.72. The zero-order chi connectivity index (χ0) is 14.2. The van der Waals surface area contributed by atoms with Crippen LogP contribution < -0.4 is 4.74 Å². The molecule has 1 aliphatic rings. The molecule has 1 N–H and O–H groups in total. The molecule has 2 atom stereocenters. The summed E-state index contributed by atoms with van der Waals surface area (Å²) in [5, 5.41) is 9.12. The van der Waals surface area contributed by atoms with Crippen molar-refractivity contribution >= 4 is 43.4 Å². The van der Waals surface area contributed by atoms with Crippen LogP contribution in [0.5, 0.6) is 5.75 Å². The van der Waals surface area contributed by atoms with Crippen LogP contribution in [0.25, 0.3) is 5.57 Å². The Balaban J connectivity index is 2.43. The topological polar surface area (TPSA) is 46.5 Å². The van der Waals surface area contributed by atoms with Gasteiger partial charge in [0.2, 0.25) is 0 Å². The molecule has 19 heavy (non-hydrogen) atoms. The molecule has 0 radical (unpaired) electrons. The lowest BCUT2D eigenvalue weighted by atomic mass is 10.0. The van der Waals surface area contributed by atoms with Crippen LogP contribution in [0.3, 0.4) is 0 Å². The highest BCUT2D eigenvalue weighted by atomic mass is 79.9. The Kier molecular flexibility index (Phi) is 4.36. The third kappa shape index (κ3) is 2.72. The average molecular weight is 390 g/mol. The number of methoxy groups -OCH3 is 1. The van der Waals surface area contributed by atoms with Gasteiger partial charge < -0.3 is 9.84 Å². The van der Waals surface area contributed by atoms with E-state index in [0.717, 1.165) is 23.3 Å². The smallest absolute Gasteiger partial charge is 0.318 e. The summed E-state index contributed by atoms with van der Waals surface area (Å²) in [6.07, 6.45) is 0.857. The number of aliphatic carboxylic acids is 1. The highest BCUT2D eigenvalue weighted by molar-refractivity contribution is 9.12. The van der Waals surface area contributed by atoms with Crippen molar-refractivity contribution < 1.29 is 14.6 Å². The van der Waals surface area contributed by atoms with E-state index < -0.39 is 10.8 Å². The van der Waals surface area contributed by atoms with Gasteiger partial charge >= 0.3 is 5.97 Å². The molecule has 0 bridgehead atoms. The number of carbonyl (C=O) groups is 1. The molecule has 2 rings (SSSR count). The molecule has 0 fully saturated rings. The summed E-state index contributed by atoms with van der Waals surface area (Å²) in [4.78, 5) is 10.2. The first-order valence-corrected chi connectivity index (χ1v) is 7.66. The van der Waals surface area contributed by atoms with E-state index in [9.17, 15) is 4.79 Å². The summed E-state index contributed by atoms with van der Waals surface area (Å²) in [6, 6.07) is 5.94. The molecule has 0 spiro atoms. The minimum absolute atomic E-state index is 0.265. The molecule has 5 heteroatoms. The second-order valence-corrected chi connectivity index (χ2v) is 6.51. The van der Waals surface area contributed by atoms with Crippen molar-refractivity contribution in [3.63, 3.8) is 0 Å². The van der Waals surface area contributed by atoms with Crippen molar-refractivity contribution in [1.82, 2.24) is 0 Å². The van der Waals surface area contributed by atoms with Crippen LogP contribution in [0.15, 0.2) is 23.8 Å². The van der Waals surface area contributed by atoms with Crippen LogP contribution in [0, 0.1) is 0 Å². The van der Waals surface area contributed by atoms with Crippen LogP contribution in [0.1, 0.15) is 18.1 Å². The minimum Gasteiger partial charge on any atom is -0.497 e. The summed E-state index contributed by atoms with van der Waals surface area (Å²) in [5.74, 6) is -0.0920. The van der Waals surface area contributed by atoms with Crippen LogP contribution in [-0.4, -0.2) is 27.8 Å². The number of carboxylic acid groups (broad SMARTS) is 1. The Labute approximate surface area is 128 Å². The Hall–Kier alpha value is -0.810. The first-order valence-electron chi connectivity index (χ1n) is 5.83. The number of carboxylic acids is 1. The lowest BCUT2D eigenvalue weighted by Gasteiger charge is -2.17. The number of ether oxygens (including phenoxy) is 1. The van der Waals surface area contributed by atoms with E-state index in [0.29, 0.717) is 0 Å². The quantitative estimate of drug-likeness (QED) is 0.799. The second-order valence-electron chi connectivity index (χ2n) is 4.54. The fourth-order valence-corrected chi connectivity index (χ4v) is 3.48. The molecule has 0 aliphatic heterocycles. The van der Waals surface area contributed by atoms with Crippen molar-refractivity contribution in [2.45, 2.75) is 23.0 Å². The van der Waals surface area contributed by atoms with Crippen molar-refractivity contribution in [3.05, 3.63) is 34.9 Å². The van der Waals surface area contributed by atoms with Gasteiger partial charge in [0.15, 0.2) is 0 Å². The van der Waals surface area contributed by atoms with Gasteiger partial charge in [0.05, 0.1) is 11.9 Å². The van der Waals surface area contributed by atoms with Crippen LogP contribution in [0.4, 0.5) is 0 Å². The summed E-state index contributed by atoms with van der Waals surface area (Å²) in [6.45, 7) is 2.04. The molecule has 0 saturated carbocycles. The normalized spacial score (nSPS) is 17.1. The van der Waals surface area contributed by atoms with Gasteiger partial charge in [0.1, 0.15) is 10.6 Å². The molecule has 102 valence electrons. The maximum Gasteiger partial charge on any atom is 0.318 e. The molecule has 0 saturated heterocycles. The standard InChI is InChI=1S/C14H14Br2O3/c1-7-5-8-3-4-9(19-2)6-10(8)11(7)12(15)13(16)14(17)18/h3-4,6,12-13H,5H2,1-2H3,(H,17,18). The molecule has 0 amide bonds. The summed E-state index contributed by atoms with van der Waals surface area (Å²) in [7, 11) is 1.63. The monoisotopic (exact) mass is 388 g/mol. The van der Waals surface area contributed by atoms with E-state index in [-0.39, 0.29) is 4.83 Å². The van der Waals surface area contributed by atoms with Crippen molar-refractivity contribution in [1.29, 1.82) is 0 Å². The number of hydrogen-bond acceptors (Lipinski definition) is 2. The van der Waals surface area contributed by atoms with Gasteiger partial charge in [-0.3, -0.25) is 4.79 Å². The predicted octanol–water partition coefficient (Wildman–Crippen LogP) is 3.64. The minimum atomic E-state index is -0.876. The maximum absolute atomic E-state index is 11.1. The van der Waals surface area contributed by atoms with Gasteiger partial charge in [-0.15, -0.1) is 0 Å². The first kappa shape index (κ1) is 14.6. The number of allylic oxidation sites excluding steroid dienone is 2. The zero-order valence-corrected chi connectivity index (χ0v) is 13.8.